The molecule has 26 heavy (non-hydrogen) atoms. The lowest BCUT2D eigenvalue weighted by molar-refractivity contribution is -0.0655. The van der Waals surface area contributed by atoms with Crippen molar-refractivity contribution >= 4 is 23.5 Å². The molecule has 5 nitrogen and oxygen atoms in total. The molecule has 2 saturated heterocycles. The molecule has 6 heteroatoms. The zero-order chi connectivity index (χ0) is 18.6. The molecule has 3 rings (SSSR count). The van der Waals surface area contributed by atoms with Crippen LogP contribution in [0.25, 0.3) is 0 Å². The number of amides is 1. The predicted molar refractivity (Wildman–Crippen MR) is 102 cm³/mol. The van der Waals surface area contributed by atoms with E-state index in [9.17, 15) is 9.59 Å². The second-order valence-corrected chi connectivity index (χ2v) is 7.84. The summed E-state index contributed by atoms with van der Waals surface area (Å²) in [6.45, 7) is 4.83. The number of ketones is 1. The van der Waals surface area contributed by atoms with E-state index in [2.05, 4.69) is 17.1 Å². The van der Waals surface area contributed by atoms with Gasteiger partial charge in [0.1, 0.15) is 5.60 Å². The van der Waals surface area contributed by atoms with E-state index in [0.717, 1.165) is 57.3 Å². The van der Waals surface area contributed by atoms with Crippen molar-refractivity contribution in [3.63, 3.8) is 0 Å². The van der Waals surface area contributed by atoms with E-state index >= 15 is 0 Å². The Morgan fingerprint density at radius 3 is 2.65 bits per heavy atom. The first-order chi connectivity index (χ1) is 12.5. The maximum atomic E-state index is 12.2. The third-order valence-electron chi connectivity index (χ3n) is 5.55. The Bertz CT molecular complexity index is 639. The highest BCUT2D eigenvalue weighted by molar-refractivity contribution is 6.30. The summed E-state index contributed by atoms with van der Waals surface area (Å²) in [4.78, 5) is 26.4. The maximum absolute atomic E-state index is 12.2. The van der Waals surface area contributed by atoms with E-state index in [1.807, 2.05) is 0 Å². The van der Waals surface area contributed by atoms with Gasteiger partial charge in [-0.05, 0) is 43.7 Å². The average Bonchev–Trinajstić information content (AvgIpc) is 2.63. The number of hydrogen-bond donors (Lipinski definition) is 1. The fourth-order valence-electron chi connectivity index (χ4n) is 3.91. The van der Waals surface area contributed by atoms with E-state index in [0.29, 0.717) is 11.4 Å². The maximum Gasteiger partial charge on any atom is 0.407 e. The van der Waals surface area contributed by atoms with Gasteiger partial charge in [0, 0.05) is 55.4 Å². The molecule has 0 aliphatic carbocycles. The number of nitrogens with one attached hydrogen (secondary N) is 1. The number of benzene rings is 1. The van der Waals surface area contributed by atoms with Gasteiger partial charge in [0.05, 0.1) is 0 Å². The van der Waals surface area contributed by atoms with Gasteiger partial charge in [-0.25, -0.2) is 4.79 Å². The number of rotatable bonds is 6. The van der Waals surface area contributed by atoms with Crippen molar-refractivity contribution in [1.29, 1.82) is 0 Å². The van der Waals surface area contributed by atoms with Gasteiger partial charge in [0.2, 0.25) is 0 Å². The molecule has 1 amide bonds. The number of piperidine rings is 1. The Balaban J connectivity index is 1.42. The van der Waals surface area contributed by atoms with Crippen LogP contribution in [0.1, 0.15) is 55.8 Å². The summed E-state index contributed by atoms with van der Waals surface area (Å²) in [6, 6.07) is 7.29. The predicted octanol–water partition coefficient (Wildman–Crippen LogP) is 4.05. The van der Waals surface area contributed by atoms with Crippen LogP contribution < -0.4 is 5.32 Å². The van der Waals surface area contributed by atoms with Gasteiger partial charge in [0.25, 0.3) is 0 Å². The Labute approximate surface area is 160 Å². The SMILES string of the molecule is CCC1CC2(CCN(CCCC(=O)c3ccc(Cl)cc3)CC2)OC(=O)N1. The summed E-state index contributed by atoms with van der Waals surface area (Å²) in [6.07, 6.45) is 4.70. The molecule has 0 saturated carbocycles. The Kier molecular flexibility index (Phi) is 6.20. The zero-order valence-corrected chi connectivity index (χ0v) is 16.1. The number of ether oxygens (including phenoxy) is 1. The molecule has 1 spiro atoms. The van der Waals surface area contributed by atoms with E-state index in [-0.39, 0.29) is 23.5 Å². The number of Topliss-reactive ketones (excluding diaryl/α,β-unsaturated/α-hetero) is 1. The zero-order valence-electron chi connectivity index (χ0n) is 15.3. The summed E-state index contributed by atoms with van der Waals surface area (Å²) in [5.74, 6) is 0.160. The Hall–Kier alpha value is -1.59. The average molecular weight is 379 g/mol. The van der Waals surface area contributed by atoms with E-state index in [1.165, 1.54) is 0 Å². The van der Waals surface area contributed by atoms with Crippen molar-refractivity contribution < 1.29 is 14.3 Å². The lowest BCUT2D eigenvalue weighted by Crippen LogP contribution is -2.56. The summed E-state index contributed by atoms with van der Waals surface area (Å²) < 4.78 is 5.66. The molecule has 1 aromatic rings. The highest BCUT2D eigenvalue weighted by Crippen LogP contribution is 2.34. The fourth-order valence-corrected chi connectivity index (χ4v) is 4.04. The van der Waals surface area contributed by atoms with Crippen LogP contribution in [0.5, 0.6) is 0 Å². The molecule has 0 aromatic heterocycles. The Morgan fingerprint density at radius 2 is 2.00 bits per heavy atom. The summed E-state index contributed by atoms with van der Waals surface area (Å²) >= 11 is 5.86. The van der Waals surface area contributed by atoms with Gasteiger partial charge in [-0.2, -0.15) is 0 Å². The molecule has 0 radical (unpaired) electrons. The smallest absolute Gasteiger partial charge is 0.407 e. The number of carbonyl (C=O) groups excluding carboxylic acids is 2. The van der Waals surface area contributed by atoms with Crippen molar-refractivity contribution in [3.05, 3.63) is 34.9 Å². The molecular formula is C20H27ClN2O3. The van der Waals surface area contributed by atoms with Crippen LogP contribution in [0.4, 0.5) is 4.79 Å². The van der Waals surface area contributed by atoms with Crippen molar-refractivity contribution in [1.82, 2.24) is 10.2 Å². The molecule has 1 aromatic carbocycles. The number of carbonyl (C=O) groups is 2. The van der Waals surface area contributed by atoms with Crippen LogP contribution >= 0.6 is 11.6 Å². The van der Waals surface area contributed by atoms with Gasteiger partial charge in [-0.3, -0.25) is 4.79 Å². The van der Waals surface area contributed by atoms with Crippen molar-refractivity contribution in [2.75, 3.05) is 19.6 Å². The monoisotopic (exact) mass is 378 g/mol. The standard InChI is InChI=1S/C20H27ClN2O3/c1-2-17-14-20(26-19(25)22-17)9-12-23(13-10-20)11-3-4-18(24)15-5-7-16(21)8-6-15/h5-8,17H,2-4,9-14H2,1H3,(H,22,25). The molecule has 1 atom stereocenters. The number of likely N-dealkylation sites (tertiary alicyclic amines) is 1. The number of alkyl carbamates (subject to hydrolysis) is 1. The van der Waals surface area contributed by atoms with Crippen molar-refractivity contribution in [3.8, 4) is 0 Å². The second-order valence-electron chi connectivity index (χ2n) is 7.40. The molecule has 2 aliphatic rings. The minimum Gasteiger partial charge on any atom is -0.443 e. The van der Waals surface area contributed by atoms with Crippen LogP contribution in [0, 0.1) is 0 Å². The molecule has 142 valence electrons. The third-order valence-corrected chi connectivity index (χ3v) is 5.81. The normalized spacial score (nSPS) is 22.7. The van der Waals surface area contributed by atoms with E-state index < -0.39 is 0 Å². The molecular weight excluding hydrogens is 352 g/mol. The van der Waals surface area contributed by atoms with Crippen LogP contribution in [0.2, 0.25) is 5.02 Å². The molecule has 1 unspecified atom stereocenters. The van der Waals surface area contributed by atoms with Gasteiger partial charge in [0.15, 0.2) is 5.78 Å². The summed E-state index contributed by atoms with van der Waals surface area (Å²) in [5, 5.41) is 3.54. The summed E-state index contributed by atoms with van der Waals surface area (Å²) in [5.41, 5.74) is 0.428. The Morgan fingerprint density at radius 1 is 1.31 bits per heavy atom. The molecule has 0 bridgehead atoms. The second kappa shape index (κ2) is 8.40. The van der Waals surface area contributed by atoms with Crippen molar-refractivity contribution in [2.45, 2.75) is 57.1 Å². The lowest BCUT2D eigenvalue weighted by atomic mass is 9.83. The molecule has 2 fully saturated rings. The van der Waals surface area contributed by atoms with Gasteiger partial charge < -0.3 is 15.0 Å². The third kappa shape index (κ3) is 4.77. The first-order valence-electron chi connectivity index (χ1n) is 9.50. The molecule has 2 aliphatic heterocycles. The quantitative estimate of drug-likeness (QED) is 0.759. The minimum absolute atomic E-state index is 0.160. The highest BCUT2D eigenvalue weighted by Gasteiger charge is 2.43. The van der Waals surface area contributed by atoms with Crippen LogP contribution in [0.3, 0.4) is 0 Å². The molecule has 1 N–H and O–H groups in total. The van der Waals surface area contributed by atoms with Gasteiger partial charge >= 0.3 is 6.09 Å². The van der Waals surface area contributed by atoms with Crippen LogP contribution in [-0.4, -0.2) is 48.1 Å². The van der Waals surface area contributed by atoms with Gasteiger partial charge in [-0.15, -0.1) is 0 Å². The van der Waals surface area contributed by atoms with Gasteiger partial charge in [-0.1, -0.05) is 18.5 Å². The van der Waals surface area contributed by atoms with Crippen LogP contribution in [-0.2, 0) is 4.74 Å². The van der Waals surface area contributed by atoms with Crippen LogP contribution in [0.15, 0.2) is 24.3 Å². The first-order valence-corrected chi connectivity index (χ1v) is 9.88. The number of halogens is 1. The molecule has 2 heterocycles. The first kappa shape index (κ1) is 19.2. The number of nitrogens with zero attached hydrogens (tertiary/aromatic N) is 1. The summed E-state index contributed by atoms with van der Waals surface area (Å²) in [7, 11) is 0. The minimum atomic E-state index is -0.293. The fraction of sp³-hybridized carbons (Fsp3) is 0.600. The highest BCUT2D eigenvalue weighted by atomic mass is 35.5. The topological polar surface area (TPSA) is 58.6 Å². The van der Waals surface area contributed by atoms with E-state index in [1.54, 1.807) is 24.3 Å². The number of hydrogen-bond acceptors (Lipinski definition) is 4. The van der Waals surface area contributed by atoms with Crippen molar-refractivity contribution in [2.24, 2.45) is 0 Å². The largest absolute Gasteiger partial charge is 0.443 e. The van der Waals surface area contributed by atoms with E-state index in [4.69, 9.17) is 16.3 Å². The lowest BCUT2D eigenvalue weighted by Gasteiger charge is -2.45.